The highest BCUT2D eigenvalue weighted by Crippen LogP contribution is 2.15. The summed E-state index contributed by atoms with van der Waals surface area (Å²) < 4.78 is 22.5. The molecule has 1 rings (SSSR count). The summed E-state index contributed by atoms with van der Waals surface area (Å²) in [6.07, 6.45) is 3.24. The Morgan fingerprint density at radius 2 is 2.05 bits per heavy atom. The average molecular weight is 299 g/mol. The molecule has 0 aliphatic rings. The number of hydrogen-bond acceptors (Lipinski definition) is 5. The molecule has 0 fully saturated rings. The van der Waals surface area contributed by atoms with Crippen LogP contribution in [0.5, 0.6) is 0 Å². The van der Waals surface area contributed by atoms with Crippen LogP contribution in [0.3, 0.4) is 0 Å². The van der Waals surface area contributed by atoms with Gasteiger partial charge in [-0.3, -0.25) is 0 Å². The van der Waals surface area contributed by atoms with Crippen LogP contribution in [0.15, 0.2) is 12.1 Å². The van der Waals surface area contributed by atoms with Gasteiger partial charge in [0.25, 0.3) is 0 Å². The van der Waals surface area contributed by atoms with Crippen molar-refractivity contribution in [2.75, 3.05) is 37.5 Å². The average Bonchev–Trinajstić information content (AvgIpc) is 2.35. The van der Waals surface area contributed by atoms with Gasteiger partial charge in [-0.15, -0.1) is 0 Å². The van der Waals surface area contributed by atoms with E-state index in [0.717, 1.165) is 30.9 Å². The first-order valence-corrected chi connectivity index (χ1v) is 8.95. The van der Waals surface area contributed by atoms with Gasteiger partial charge in [0.15, 0.2) is 0 Å². The van der Waals surface area contributed by atoms with E-state index in [2.05, 4.69) is 23.3 Å². The lowest BCUT2D eigenvalue weighted by molar-refractivity contribution is 0.601. The number of pyridine rings is 1. The number of anilines is 1. The van der Waals surface area contributed by atoms with Crippen molar-refractivity contribution < 1.29 is 8.42 Å². The normalized spacial score (nSPS) is 11.6. The molecular formula is C14H25N3O2S. The van der Waals surface area contributed by atoms with Gasteiger partial charge in [-0.1, -0.05) is 13.3 Å². The Labute approximate surface area is 122 Å². The summed E-state index contributed by atoms with van der Waals surface area (Å²) in [5, 5.41) is 3.13. The second kappa shape index (κ2) is 7.59. The standard InChI is InChI=1S/C14H25N3O2S/c1-5-6-13-9-12(11-15-2)10-14(16-13)17(3)7-8-20(4,18)19/h9-10,15H,5-8,11H2,1-4H3. The number of sulfone groups is 1. The Morgan fingerprint density at radius 3 is 2.60 bits per heavy atom. The predicted octanol–water partition coefficient (Wildman–Crippen LogP) is 1.23. The van der Waals surface area contributed by atoms with Crippen molar-refractivity contribution in [2.24, 2.45) is 0 Å². The van der Waals surface area contributed by atoms with E-state index in [1.165, 1.54) is 11.8 Å². The predicted molar refractivity (Wildman–Crippen MR) is 84.0 cm³/mol. The van der Waals surface area contributed by atoms with E-state index in [1.54, 1.807) is 0 Å². The molecule has 0 aromatic carbocycles. The van der Waals surface area contributed by atoms with Crippen molar-refractivity contribution in [1.82, 2.24) is 10.3 Å². The summed E-state index contributed by atoms with van der Waals surface area (Å²) in [5.41, 5.74) is 2.23. The molecule has 1 aromatic rings. The fourth-order valence-corrected chi connectivity index (χ4v) is 2.54. The fourth-order valence-electron chi connectivity index (χ4n) is 1.94. The number of rotatable bonds is 8. The topological polar surface area (TPSA) is 62.3 Å². The third kappa shape index (κ3) is 5.88. The first-order chi connectivity index (χ1) is 9.35. The van der Waals surface area contributed by atoms with Gasteiger partial charge in [-0.25, -0.2) is 13.4 Å². The Morgan fingerprint density at radius 1 is 1.35 bits per heavy atom. The third-order valence-electron chi connectivity index (χ3n) is 3.00. The van der Waals surface area contributed by atoms with Crippen molar-refractivity contribution in [3.05, 3.63) is 23.4 Å². The van der Waals surface area contributed by atoms with E-state index >= 15 is 0 Å². The lowest BCUT2D eigenvalue weighted by Crippen LogP contribution is -2.26. The maximum Gasteiger partial charge on any atom is 0.149 e. The van der Waals surface area contributed by atoms with E-state index in [9.17, 15) is 8.42 Å². The second-order valence-corrected chi connectivity index (χ2v) is 7.42. The van der Waals surface area contributed by atoms with Crippen molar-refractivity contribution >= 4 is 15.7 Å². The maximum absolute atomic E-state index is 11.2. The fraction of sp³-hybridized carbons (Fsp3) is 0.643. The molecule has 0 bridgehead atoms. The van der Waals surface area contributed by atoms with E-state index in [1.807, 2.05) is 25.1 Å². The highest BCUT2D eigenvalue weighted by molar-refractivity contribution is 7.90. The lowest BCUT2D eigenvalue weighted by Gasteiger charge is -2.19. The molecule has 6 heteroatoms. The maximum atomic E-state index is 11.2. The van der Waals surface area contributed by atoms with Crippen molar-refractivity contribution in [1.29, 1.82) is 0 Å². The number of hydrogen-bond donors (Lipinski definition) is 1. The summed E-state index contributed by atoms with van der Waals surface area (Å²) in [5.74, 6) is 0.981. The van der Waals surface area contributed by atoms with Crippen LogP contribution in [-0.2, 0) is 22.8 Å². The van der Waals surface area contributed by atoms with Crippen LogP contribution in [0.4, 0.5) is 5.82 Å². The van der Waals surface area contributed by atoms with Gasteiger partial charge < -0.3 is 10.2 Å². The molecule has 0 atom stereocenters. The zero-order valence-corrected chi connectivity index (χ0v) is 13.6. The van der Waals surface area contributed by atoms with Crippen LogP contribution < -0.4 is 10.2 Å². The molecule has 5 nitrogen and oxygen atoms in total. The first kappa shape index (κ1) is 16.9. The smallest absolute Gasteiger partial charge is 0.149 e. The van der Waals surface area contributed by atoms with Crippen LogP contribution in [0, 0.1) is 0 Å². The van der Waals surface area contributed by atoms with Crippen LogP contribution in [0.2, 0.25) is 0 Å². The number of aromatic nitrogens is 1. The van der Waals surface area contributed by atoms with Gasteiger partial charge in [-0.2, -0.15) is 0 Å². The number of nitrogens with one attached hydrogen (secondary N) is 1. The summed E-state index contributed by atoms with van der Waals surface area (Å²) in [6.45, 7) is 3.37. The van der Waals surface area contributed by atoms with Crippen molar-refractivity contribution in [3.63, 3.8) is 0 Å². The molecule has 114 valence electrons. The Balaban J connectivity index is 2.90. The molecule has 0 saturated carbocycles. The molecule has 0 saturated heterocycles. The molecule has 1 heterocycles. The summed E-state index contributed by atoms with van der Waals surface area (Å²) in [7, 11) is 0.841. The van der Waals surface area contributed by atoms with Crippen LogP contribution in [0.1, 0.15) is 24.6 Å². The number of nitrogens with zero attached hydrogens (tertiary/aromatic N) is 2. The number of aryl methyl sites for hydroxylation is 1. The minimum absolute atomic E-state index is 0.143. The van der Waals surface area contributed by atoms with Crippen LogP contribution in [-0.4, -0.2) is 46.1 Å². The monoisotopic (exact) mass is 299 g/mol. The molecule has 0 spiro atoms. The molecule has 20 heavy (non-hydrogen) atoms. The molecule has 1 aromatic heterocycles. The van der Waals surface area contributed by atoms with Gasteiger partial charge in [-0.05, 0) is 31.2 Å². The Bertz CT molecular complexity index is 505. The highest BCUT2D eigenvalue weighted by atomic mass is 32.2. The molecular weight excluding hydrogens is 274 g/mol. The second-order valence-electron chi connectivity index (χ2n) is 5.16. The van der Waals surface area contributed by atoms with Gasteiger partial charge in [0.2, 0.25) is 0 Å². The summed E-state index contributed by atoms with van der Waals surface area (Å²) in [4.78, 5) is 6.51. The first-order valence-electron chi connectivity index (χ1n) is 6.89. The molecule has 1 N–H and O–H groups in total. The quantitative estimate of drug-likeness (QED) is 0.782. The van der Waals surface area contributed by atoms with Gasteiger partial charge in [0.1, 0.15) is 15.7 Å². The zero-order valence-electron chi connectivity index (χ0n) is 12.8. The lowest BCUT2D eigenvalue weighted by atomic mass is 10.1. The summed E-state index contributed by atoms with van der Waals surface area (Å²) >= 11 is 0. The minimum atomic E-state index is -2.95. The highest BCUT2D eigenvalue weighted by Gasteiger charge is 2.10. The van der Waals surface area contributed by atoms with Crippen molar-refractivity contribution in [3.8, 4) is 0 Å². The zero-order chi connectivity index (χ0) is 15.2. The van der Waals surface area contributed by atoms with Crippen molar-refractivity contribution in [2.45, 2.75) is 26.3 Å². The minimum Gasteiger partial charge on any atom is -0.359 e. The Kier molecular flexibility index (Phi) is 6.42. The van der Waals surface area contributed by atoms with Gasteiger partial charge in [0.05, 0.1) is 5.75 Å². The van der Waals surface area contributed by atoms with E-state index in [4.69, 9.17) is 0 Å². The third-order valence-corrected chi connectivity index (χ3v) is 3.92. The molecule has 0 amide bonds. The molecule has 0 aliphatic heterocycles. The molecule has 0 unspecified atom stereocenters. The van der Waals surface area contributed by atoms with E-state index < -0.39 is 9.84 Å². The Hall–Kier alpha value is -1.14. The SMILES string of the molecule is CCCc1cc(CNC)cc(N(C)CCS(C)(=O)=O)n1. The molecule has 0 aliphatic carbocycles. The van der Waals surface area contributed by atoms with Crippen LogP contribution >= 0.6 is 0 Å². The van der Waals surface area contributed by atoms with Gasteiger partial charge >= 0.3 is 0 Å². The van der Waals surface area contributed by atoms with Crippen LogP contribution in [0.25, 0.3) is 0 Å². The van der Waals surface area contributed by atoms with Gasteiger partial charge in [0, 0.05) is 32.1 Å². The molecule has 0 radical (unpaired) electrons. The summed E-state index contributed by atoms with van der Waals surface area (Å²) in [6, 6.07) is 4.12. The largest absolute Gasteiger partial charge is 0.359 e. The van der Waals surface area contributed by atoms with E-state index in [-0.39, 0.29) is 5.75 Å². The van der Waals surface area contributed by atoms with E-state index in [0.29, 0.717) is 6.54 Å².